The summed E-state index contributed by atoms with van der Waals surface area (Å²) in [7, 11) is 3.95. The van der Waals surface area contributed by atoms with Gasteiger partial charge in [0.1, 0.15) is 5.75 Å². The van der Waals surface area contributed by atoms with E-state index in [1.54, 1.807) is 4.90 Å². The van der Waals surface area contributed by atoms with Crippen LogP contribution in [0.4, 0.5) is 5.13 Å². The van der Waals surface area contributed by atoms with E-state index >= 15 is 0 Å². The Hall–Kier alpha value is -1.86. The highest BCUT2D eigenvalue weighted by Gasteiger charge is 2.21. The molecule has 0 aliphatic carbocycles. The molecule has 156 valence electrons. The predicted octanol–water partition coefficient (Wildman–Crippen LogP) is 4.96. The van der Waals surface area contributed by atoms with Crippen molar-refractivity contribution in [2.75, 3.05) is 38.7 Å². The lowest BCUT2D eigenvalue weighted by atomic mass is 10.2. The van der Waals surface area contributed by atoms with Gasteiger partial charge in [0.15, 0.2) is 11.7 Å². The zero-order valence-corrected chi connectivity index (χ0v) is 19.3. The van der Waals surface area contributed by atoms with Gasteiger partial charge >= 0.3 is 0 Å². The van der Waals surface area contributed by atoms with Gasteiger partial charge < -0.3 is 9.64 Å². The van der Waals surface area contributed by atoms with Crippen molar-refractivity contribution in [3.05, 3.63) is 52.5 Å². The molecule has 0 spiro atoms. The Morgan fingerprint density at radius 2 is 1.93 bits per heavy atom. The van der Waals surface area contributed by atoms with Gasteiger partial charge in [-0.15, -0.1) is 12.4 Å². The van der Waals surface area contributed by atoms with Crippen LogP contribution in [0.2, 0.25) is 5.02 Å². The molecule has 3 aromatic rings. The molecular formula is C21H25Cl2N3O2S. The molecule has 0 unspecified atom stereocenters. The van der Waals surface area contributed by atoms with Crippen LogP contribution in [-0.4, -0.2) is 49.6 Å². The van der Waals surface area contributed by atoms with E-state index in [9.17, 15) is 4.79 Å². The number of halogens is 2. The van der Waals surface area contributed by atoms with Gasteiger partial charge in [-0.1, -0.05) is 41.1 Å². The van der Waals surface area contributed by atoms with E-state index in [2.05, 4.69) is 0 Å². The molecule has 1 heterocycles. The Morgan fingerprint density at radius 3 is 2.59 bits per heavy atom. The Bertz CT molecular complexity index is 952. The minimum absolute atomic E-state index is 0. The topological polar surface area (TPSA) is 45.7 Å². The second-order valence-electron chi connectivity index (χ2n) is 6.99. The molecule has 1 amide bonds. The fourth-order valence-electron chi connectivity index (χ4n) is 2.76. The average molecular weight is 454 g/mol. The monoisotopic (exact) mass is 453 g/mol. The van der Waals surface area contributed by atoms with E-state index in [4.69, 9.17) is 21.3 Å². The number of amides is 1. The maximum absolute atomic E-state index is 13.0. The number of anilines is 1. The molecule has 0 aliphatic rings. The van der Waals surface area contributed by atoms with Crippen molar-refractivity contribution in [2.24, 2.45) is 0 Å². The zero-order chi connectivity index (χ0) is 20.3. The van der Waals surface area contributed by atoms with E-state index in [1.807, 2.05) is 69.2 Å². The molecule has 0 saturated heterocycles. The van der Waals surface area contributed by atoms with Crippen LogP contribution in [0.25, 0.3) is 10.2 Å². The number of benzene rings is 2. The number of ether oxygens (including phenoxy) is 1. The Balaban J connectivity index is 0.00000300. The van der Waals surface area contributed by atoms with Gasteiger partial charge in [0, 0.05) is 13.1 Å². The second-order valence-corrected chi connectivity index (χ2v) is 8.38. The molecule has 3 rings (SSSR count). The van der Waals surface area contributed by atoms with Gasteiger partial charge in [-0.05, 0) is 57.3 Å². The van der Waals surface area contributed by atoms with Crippen LogP contribution in [0.3, 0.4) is 0 Å². The number of likely N-dealkylation sites (N-methyl/N-ethyl adjacent to an activating group) is 1. The van der Waals surface area contributed by atoms with Crippen molar-refractivity contribution in [1.82, 2.24) is 9.88 Å². The SMILES string of the molecule is Cc1cccc(OCC(=O)N(CCN(C)C)c2nc3c(C)ccc(Cl)c3s2)c1.Cl. The standard InChI is InChI=1S/C21H24ClN3O2S.ClH/c1-14-6-5-7-16(12-14)27-13-18(26)25(11-10-24(3)4)21-23-19-15(2)8-9-17(22)20(19)28-21;/h5-9,12H,10-11,13H2,1-4H3;1H. The number of aromatic nitrogens is 1. The highest BCUT2D eigenvalue weighted by atomic mass is 35.5. The molecule has 0 bridgehead atoms. The summed E-state index contributed by atoms with van der Waals surface area (Å²) in [4.78, 5) is 21.4. The lowest BCUT2D eigenvalue weighted by Crippen LogP contribution is -2.39. The molecule has 1 aromatic heterocycles. The molecule has 29 heavy (non-hydrogen) atoms. The number of hydrogen-bond donors (Lipinski definition) is 0. The Labute approximate surface area is 186 Å². The highest BCUT2D eigenvalue weighted by Crippen LogP contribution is 2.35. The third kappa shape index (κ3) is 5.82. The fourth-order valence-corrected chi connectivity index (χ4v) is 4.12. The molecule has 0 fully saturated rings. The molecule has 0 aliphatic heterocycles. The summed E-state index contributed by atoms with van der Waals surface area (Å²) in [5.41, 5.74) is 2.97. The van der Waals surface area contributed by atoms with E-state index in [0.717, 1.165) is 27.9 Å². The van der Waals surface area contributed by atoms with Gasteiger partial charge in [-0.3, -0.25) is 9.69 Å². The molecule has 0 radical (unpaired) electrons. The molecule has 0 atom stereocenters. The summed E-state index contributed by atoms with van der Waals surface area (Å²) in [5.74, 6) is 0.556. The molecule has 2 aromatic carbocycles. The molecule has 0 saturated carbocycles. The second kappa shape index (κ2) is 10.3. The smallest absolute Gasteiger partial charge is 0.266 e. The fraction of sp³-hybridized carbons (Fsp3) is 0.333. The molecular weight excluding hydrogens is 429 g/mol. The number of thiazole rings is 1. The quantitative estimate of drug-likeness (QED) is 0.506. The lowest BCUT2D eigenvalue weighted by Gasteiger charge is -2.22. The van der Waals surface area contributed by atoms with E-state index in [1.165, 1.54) is 11.3 Å². The van der Waals surface area contributed by atoms with Crippen molar-refractivity contribution in [3.63, 3.8) is 0 Å². The number of rotatable bonds is 7. The zero-order valence-electron chi connectivity index (χ0n) is 16.9. The summed E-state index contributed by atoms with van der Waals surface area (Å²) in [6, 6.07) is 11.5. The summed E-state index contributed by atoms with van der Waals surface area (Å²) in [5, 5.41) is 1.30. The van der Waals surface area contributed by atoms with Gasteiger partial charge in [0.05, 0.1) is 15.2 Å². The number of aryl methyl sites for hydroxylation is 2. The third-order valence-electron chi connectivity index (χ3n) is 4.34. The number of nitrogens with zero attached hydrogens (tertiary/aromatic N) is 3. The van der Waals surface area contributed by atoms with Gasteiger partial charge in [-0.2, -0.15) is 0 Å². The van der Waals surface area contributed by atoms with E-state index in [0.29, 0.717) is 22.4 Å². The van der Waals surface area contributed by atoms with Crippen LogP contribution in [0, 0.1) is 13.8 Å². The molecule has 8 heteroatoms. The summed E-state index contributed by atoms with van der Waals surface area (Å²) < 4.78 is 6.63. The number of hydrogen-bond acceptors (Lipinski definition) is 5. The van der Waals surface area contributed by atoms with Crippen LogP contribution in [0.5, 0.6) is 5.75 Å². The minimum atomic E-state index is -0.129. The Morgan fingerprint density at radius 1 is 1.17 bits per heavy atom. The van der Waals surface area contributed by atoms with Crippen molar-refractivity contribution in [2.45, 2.75) is 13.8 Å². The first kappa shape index (κ1) is 23.4. The number of carbonyl (C=O) groups excluding carboxylic acids is 1. The van der Waals surface area contributed by atoms with E-state index in [-0.39, 0.29) is 24.9 Å². The highest BCUT2D eigenvalue weighted by molar-refractivity contribution is 7.23. The van der Waals surface area contributed by atoms with Crippen molar-refractivity contribution >= 4 is 56.6 Å². The van der Waals surface area contributed by atoms with Crippen LogP contribution in [0.1, 0.15) is 11.1 Å². The van der Waals surface area contributed by atoms with E-state index < -0.39 is 0 Å². The maximum Gasteiger partial charge on any atom is 0.266 e. The first-order valence-electron chi connectivity index (χ1n) is 9.05. The van der Waals surface area contributed by atoms with Gasteiger partial charge in [0.25, 0.3) is 5.91 Å². The van der Waals surface area contributed by atoms with Crippen molar-refractivity contribution in [1.29, 1.82) is 0 Å². The first-order valence-corrected chi connectivity index (χ1v) is 10.2. The maximum atomic E-state index is 13.0. The summed E-state index contributed by atoms with van der Waals surface area (Å²) in [6.45, 7) is 5.19. The average Bonchev–Trinajstić information content (AvgIpc) is 3.09. The largest absolute Gasteiger partial charge is 0.484 e. The molecule has 0 N–H and O–H groups in total. The van der Waals surface area contributed by atoms with Gasteiger partial charge in [-0.25, -0.2) is 4.98 Å². The number of fused-ring (bicyclic) bond motifs is 1. The van der Waals surface area contributed by atoms with Crippen molar-refractivity contribution < 1.29 is 9.53 Å². The van der Waals surface area contributed by atoms with Crippen LogP contribution in [-0.2, 0) is 4.79 Å². The predicted molar refractivity (Wildman–Crippen MR) is 124 cm³/mol. The van der Waals surface area contributed by atoms with Gasteiger partial charge in [0.2, 0.25) is 0 Å². The van der Waals surface area contributed by atoms with Crippen LogP contribution in [0.15, 0.2) is 36.4 Å². The summed E-state index contributed by atoms with van der Waals surface area (Å²) >= 11 is 7.78. The first-order chi connectivity index (χ1) is 13.3. The normalized spacial score (nSPS) is 10.8. The molecule has 5 nitrogen and oxygen atoms in total. The number of carbonyl (C=O) groups is 1. The van der Waals surface area contributed by atoms with Crippen LogP contribution >= 0.6 is 35.3 Å². The lowest BCUT2D eigenvalue weighted by molar-refractivity contribution is -0.120. The Kier molecular flexibility index (Phi) is 8.28. The summed E-state index contributed by atoms with van der Waals surface area (Å²) in [6.07, 6.45) is 0. The van der Waals surface area contributed by atoms with Crippen LogP contribution < -0.4 is 9.64 Å². The third-order valence-corrected chi connectivity index (χ3v) is 5.88. The van der Waals surface area contributed by atoms with Crippen molar-refractivity contribution in [3.8, 4) is 5.75 Å². The minimum Gasteiger partial charge on any atom is -0.484 e.